The van der Waals surface area contributed by atoms with Gasteiger partial charge in [0.15, 0.2) is 0 Å². The van der Waals surface area contributed by atoms with E-state index in [2.05, 4.69) is 10.9 Å². The summed E-state index contributed by atoms with van der Waals surface area (Å²) in [6.45, 7) is 1.21. The molecule has 6 nitrogen and oxygen atoms in total. The zero-order chi connectivity index (χ0) is 20.0. The lowest BCUT2D eigenvalue weighted by atomic mass is 9.96. The highest BCUT2D eigenvalue weighted by atomic mass is 32.2. The third-order valence-electron chi connectivity index (χ3n) is 4.77. The van der Waals surface area contributed by atoms with Crippen molar-refractivity contribution in [3.05, 3.63) is 66.0 Å². The molecule has 28 heavy (non-hydrogen) atoms. The summed E-state index contributed by atoms with van der Waals surface area (Å²) in [6, 6.07) is 14.5. The fraction of sp³-hybridized carbons (Fsp3) is 0.350. The van der Waals surface area contributed by atoms with Gasteiger partial charge in [0.25, 0.3) is 0 Å². The standard InChI is InChI=1S/C20H24FN3O3S/c21-18-8-10-19(11-9-18)28(26,27)24-12-4-7-17(15-24)13-20(25)23-22-14-16-5-2-1-3-6-16/h1-3,5-6,8-11,17,22H,4,7,12-15H2,(H,23,25). The molecule has 0 bridgehead atoms. The van der Waals surface area contributed by atoms with Crippen LogP contribution in [0.1, 0.15) is 24.8 Å². The van der Waals surface area contributed by atoms with Crippen LogP contribution in [0.25, 0.3) is 0 Å². The van der Waals surface area contributed by atoms with Crippen LogP contribution in [0.3, 0.4) is 0 Å². The molecule has 1 fully saturated rings. The Morgan fingerprint density at radius 3 is 2.54 bits per heavy atom. The minimum absolute atomic E-state index is 0.0532. The van der Waals surface area contributed by atoms with Crippen LogP contribution < -0.4 is 10.9 Å². The summed E-state index contributed by atoms with van der Waals surface area (Å²) in [7, 11) is -3.68. The van der Waals surface area contributed by atoms with Gasteiger partial charge in [-0.05, 0) is 48.6 Å². The zero-order valence-corrected chi connectivity index (χ0v) is 16.3. The molecule has 0 spiro atoms. The normalized spacial score (nSPS) is 18.0. The first-order valence-corrected chi connectivity index (χ1v) is 10.7. The number of hydrazine groups is 1. The van der Waals surface area contributed by atoms with Crippen molar-refractivity contribution < 1.29 is 17.6 Å². The number of sulfonamides is 1. The summed E-state index contributed by atoms with van der Waals surface area (Å²) in [6.07, 6.45) is 1.73. The second kappa shape index (κ2) is 9.27. The number of rotatable bonds is 7. The molecule has 150 valence electrons. The first kappa shape index (κ1) is 20.4. The van der Waals surface area contributed by atoms with Gasteiger partial charge in [0.1, 0.15) is 5.82 Å². The van der Waals surface area contributed by atoms with Gasteiger partial charge in [-0.2, -0.15) is 4.31 Å². The highest BCUT2D eigenvalue weighted by molar-refractivity contribution is 7.89. The lowest BCUT2D eigenvalue weighted by Gasteiger charge is -2.31. The van der Waals surface area contributed by atoms with Gasteiger partial charge in [0, 0.05) is 26.1 Å². The van der Waals surface area contributed by atoms with Crippen LogP contribution in [-0.2, 0) is 21.4 Å². The van der Waals surface area contributed by atoms with Gasteiger partial charge in [0.2, 0.25) is 15.9 Å². The summed E-state index contributed by atoms with van der Waals surface area (Å²) in [4.78, 5) is 12.3. The summed E-state index contributed by atoms with van der Waals surface area (Å²) in [5.41, 5.74) is 6.62. The number of nitrogens with one attached hydrogen (secondary N) is 2. The molecule has 1 aliphatic rings. The van der Waals surface area contributed by atoms with Gasteiger partial charge >= 0.3 is 0 Å². The molecule has 1 unspecified atom stereocenters. The maximum absolute atomic E-state index is 13.1. The Morgan fingerprint density at radius 2 is 1.82 bits per heavy atom. The van der Waals surface area contributed by atoms with E-state index in [1.807, 2.05) is 30.3 Å². The highest BCUT2D eigenvalue weighted by Gasteiger charge is 2.31. The van der Waals surface area contributed by atoms with Crippen molar-refractivity contribution in [3.8, 4) is 0 Å². The molecule has 3 rings (SSSR count). The lowest BCUT2D eigenvalue weighted by Crippen LogP contribution is -2.43. The third kappa shape index (κ3) is 5.37. The molecule has 8 heteroatoms. The van der Waals surface area contributed by atoms with E-state index in [9.17, 15) is 17.6 Å². The molecule has 1 heterocycles. The molecule has 1 amide bonds. The number of amides is 1. The van der Waals surface area contributed by atoms with Crippen LogP contribution in [-0.4, -0.2) is 31.7 Å². The predicted octanol–water partition coefficient (Wildman–Crippen LogP) is 2.44. The second-order valence-corrected chi connectivity index (χ2v) is 8.85. The molecule has 0 aliphatic carbocycles. The Kier molecular flexibility index (Phi) is 6.77. The molecular weight excluding hydrogens is 381 g/mol. The Balaban J connectivity index is 1.51. The molecule has 1 aliphatic heterocycles. The smallest absolute Gasteiger partial charge is 0.243 e. The summed E-state index contributed by atoms with van der Waals surface area (Å²) in [5.74, 6) is -0.695. The van der Waals surface area contributed by atoms with Crippen LogP contribution >= 0.6 is 0 Å². The third-order valence-corrected chi connectivity index (χ3v) is 6.65. The first-order chi connectivity index (χ1) is 13.4. The minimum Gasteiger partial charge on any atom is -0.291 e. The Hall–Kier alpha value is -2.29. The molecular formula is C20H24FN3O3S. The van der Waals surface area contributed by atoms with E-state index in [-0.39, 0.29) is 29.7 Å². The SMILES string of the molecule is O=C(CC1CCCN(S(=O)(=O)c2ccc(F)cc2)C1)NNCc1ccccc1. The number of hydrogen-bond acceptors (Lipinski definition) is 4. The fourth-order valence-corrected chi connectivity index (χ4v) is 4.88. The fourth-order valence-electron chi connectivity index (χ4n) is 3.32. The van der Waals surface area contributed by atoms with Gasteiger partial charge in [-0.3, -0.25) is 10.2 Å². The van der Waals surface area contributed by atoms with Crippen LogP contribution in [0.2, 0.25) is 0 Å². The number of carbonyl (C=O) groups excluding carboxylic acids is 1. The quantitative estimate of drug-likeness (QED) is 0.694. The Bertz CT molecular complexity index is 889. The van der Waals surface area contributed by atoms with Crippen LogP contribution in [0, 0.1) is 11.7 Å². The van der Waals surface area contributed by atoms with E-state index in [0.717, 1.165) is 24.1 Å². The van der Waals surface area contributed by atoms with Crippen molar-refractivity contribution in [2.24, 2.45) is 5.92 Å². The number of halogens is 1. The predicted molar refractivity (Wildman–Crippen MR) is 104 cm³/mol. The first-order valence-electron chi connectivity index (χ1n) is 9.26. The molecule has 0 radical (unpaired) electrons. The molecule has 0 aromatic heterocycles. The number of piperidine rings is 1. The van der Waals surface area contributed by atoms with E-state index in [4.69, 9.17) is 0 Å². The number of hydrogen-bond donors (Lipinski definition) is 2. The Morgan fingerprint density at radius 1 is 1.11 bits per heavy atom. The van der Waals surface area contributed by atoms with Crippen LogP contribution in [0.5, 0.6) is 0 Å². The molecule has 2 aromatic carbocycles. The summed E-state index contributed by atoms with van der Waals surface area (Å²) in [5, 5.41) is 0. The monoisotopic (exact) mass is 405 g/mol. The summed E-state index contributed by atoms with van der Waals surface area (Å²) >= 11 is 0. The van der Waals surface area contributed by atoms with Crippen molar-refractivity contribution in [3.63, 3.8) is 0 Å². The molecule has 2 N–H and O–H groups in total. The highest BCUT2D eigenvalue weighted by Crippen LogP contribution is 2.25. The largest absolute Gasteiger partial charge is 0.291 e. The minimum atomic E-state index is -3.68. The number of benzene rings is 2. The second-order valence-electron chi connectivity index (χ2n) is 6.92. The Labute approximate surface area is 164 Å². The number of carbonyl (C=O) groups is 1. The average Bonchev–Trinajstić information content (AvgIpc) is 2.69. The van der Waals surface area contributed by atoms with Gasteiger partial charge < -0.3 is 0 Å². The summed E-state index contributed by atoms with van der Waals surface area (Å²) < 4.78 is 40.0. The van der Waals surface area contributed by atoms with Crippen molar-refractivity contribution in [1.29, 1.82) is 0 Å². The maximum atomic E-state index is 13.1. The maximum Gasteiger partial charge on any atom is 0.243 e. The number of nitrogens with zero attached hydrogens (tertiary/aromatic N) is 1. The van der Waals surface area contributed by atoms with Crippen molar-refractivity contribution in [2.75, 3.05) is 13.1 Å². The molecule has 1 atom stereocenters. The van der Waals surface area contributed by atoms with E-state index in [1.165, 1.54) is 16.4 Å². The van der Waals surface area contributed by atoms with Gasteiger partial charge in [-0.15, -0.1) is 0 Å². The van der Waals surface area contributed by atoms with Crippen molar-refractivity contribution >= 4 is 15.9 Å². The zero-order valence-electron chi connectivity index (χ0n) is 15.5. The average molecular weight is 405 g/mol. The van der Waals surface area contributed by atoms with Crippen LogP contribution in [0.15, 0.2) is 59.5 Å². The van der Waals surface area contributed by atoms with Gasteiger partial charge in [-0.1, -0.05) is 30.3 Å². The molecule has 1 saturated heterocycles. The van der Waals surface area contributed by atoms with Crippen LogP contribution in [0.4, 0.5) is 4.39 Å². The van der Waals surface area contributed by atoms with Gasteiger partial charge in [0.05, 0.1) is 4.90 Å². The molecule has 0 saturated carbocycles. The van der Waals surface area contributed by atoms with E-state index in [1.54, 1.807) is 0 Å². The van der Waals surface area contributed by atoms with E-state index in [0.29, 0.717) is 19.5 Å². The van der Waals surface area contributed by atoms with E-state index >= 15 is 0 Å². The van der Waals surface area contributed by atoms with Crippen molar-refractivity contribution in [1.82, 2.24) is 15.2 Å². The van der Waals surface area contributed by atoms with Crippen molar-refractivity contribution in [2.45, 2.75) is 30.7 Å². The lowest BCUT2D eigenvalue weighted by molar-refractivity contribution is -0.123. The topological polar surface area (TPSA) is 78.5 Å². The van der Waals surface area contributed by atoms with Gasteiger partial charge in [-0.25, -0.2) is 18.2 Å². The molecule has 2 aromatic rings. The van der Waals surface area contributed by atoms with E-state index < -0.39 is 15.8 Å².